The van der Waals surface area contributed by atoms with Crippen LogP contribution < -0.4 is 16.4 Å². The average Bonchev–Trinajstić information content (AvgIpc) is 3.31. The van der Waals surface area contributed by atoms with Crippen LogP contribution in [0.4, 0.5) is 39.5 Å². The molecule has 2 aromatic carbocycles. The van der Waals surface area contributed by atoms with E-state index in [4.69, 9.17) is 10.5 Å². The van der Waals surface area contributed by atoms with Gasteiger partial charge >= 0.3 is 12.2 Å². The average molecular weight is 558 g/mol. The molecule has 208 valence electrons. The monoisotopic (exact) mass is 557 g/mol. The number of nitrogen functional groups attached to an aromatic ring is 1. The molecule has 3 heterocycles. The maximum atomic E-state index is 14.0. The van der Waals surface area contributed by atoms with Crippen LogP contribution in [0.2, 0.25) is 0 Å². The Hall–Kier alpha value is -4.56. The molecule has 1 aliphatic rings. The van der Waals surface area contributed by atoms with E-state index < -0.39 is 29.3 Å². The van der Waals surface area contributed by atoms with E-state index in [0.29, 0.717) is 66.8 Å². The van der Waals surface area contributed by atoms with E-state index in [2.05, 4.69) is 20.7 Å². The molecule has 0 bridgehead atoms. The van der Waals surface area contributed by atoms with Gasteiger partial charge in [0.15, 0.2) is 11.6 Å². The summed E-state index contributed by atoms with van der Waals surface area (Å²) >= 11 is 0. The summed E-state index contributed by atoms with van der Waals surface area (Å²) in [5.41, 5.74) is 6.69. The van der Waals surface area contributed by atoms with Gasteiger partial charge in [-0.05, 0) is 42.0 Å². The van der Waals surface area contributed by atoms with Gasteiger partial charge < -0.3 is 21.1 Å². The molecular formula is C26H23F4N7O3. The second-order valence-corrected chi connectivity index (χ2v) is 9.01. The lowest BCUT2D eigenvalue weighted by atomic mass is 10.1. The van der Waals surface area contributed by atoms with Crippen molar-refractivity contribution in [2.45, 2.75) is 6.18 Å². The number of amides is 2. The molecule has 0 radical (unpaired) electrons. The van der Waals surface area contributed by atoms with Crippen LogP contribution in [0, 0.1) is 5.82 Å². The third kappa shape index (κ3) is 5.72. The number of nitrogens with two attached hydrogens (primary N) is 1. The number of urea groups is 1. The van der Waals surface area contributed by atoms with Crippen LogP contribution in [0.5, 0.6) is 0 Å². The number of anilines is 3. The highest BCUT2D eigenvalue weighted by atomic mass is 19.4. The molecule has 0 atom stereocenters. The fourth-order valence-corrected chi connectivity index (χ4v) is 4.35. The molecule has 2 amide bonds. The van der Waals surface area contributed by atoms with Crippen LogP contribution in [0.25, 0.3) is 16.6 Å². The number of nitrogens with zero attached hydrogens (tertiary/aromatic N) is 4. The maximum Gasteiger partial charge on any atom is 0.416 e. The van der Waals surface area contributed by atoms with Crippen molar-refractivity contribution in [2.24, 2.45) is 0 Å². The van der Waals surface area contributed by atoms with Gasteiger partial charge in [-0.1, -0.05) is 12.1 Å². The highest BCUT2D eigenvalue weighted by Gasteiger charge is 2.31. The van der Waals surface area contributed by atoms with Gasteiger partial charge in [-0.15, -0.1) is 0 Å². The van der Waals surface area contributed by atoms with Gasteiger partial charge in [-0.2, -0.15) is 18.3 Å². The Bertz CT molecular complexity index is 1570. The summed E-state index contributed by atoms with van der Waals surface area (Å²) in [4.78, 5) is 31.6. The summed E-state index contributed by atoms with van der Waals surface area (Å²) in [6.07, 6.45) is -3.43. The number of rotatable bonds is 6. The van der Waals surface area contributed by atoms with Gasteiger partial charge in [0.1, 0.15) is 23.4 Å². The van der Waals surface area contributed by atoms with Crippen LogP contribution in [0.1, 0.15) is 16.1 Å². The number of hydrogen-bond donors (Lipinski definition) is 3. The Morgan fingerprint density at radius 2 is 1.75 bits per heavy atom. The SMILES string of the molecule is Nc1ncnn2c(C(=O)CN3CCOCC3)cc(-c3ccc(NC(=O)Nc4cc(C(F)(F)F)ccc4F)cc3)c12. The largest absolute Gasteiger partial charge is 0.416 e. The van der Waals surface area contributed by atoms with Gasteiger partial charge in [0.05, 0.1) is 31.0 Å². The predicted molar refractivity (Wildman–Crippen MR) is 138 cm³/mol. The third-order valence-corrected chi connectivity index (χ3v) is 6.33. The molecule has 4 aromatic rings. The lowest BCUT2D eigenvalue weighted by molar-refractivity contribution is -0.137. The molecule has 1 fully saturated rings. The molecule has 0 unspecified atom stereocenters. The smallest absolute Gasteiger partial charge is 0.382 e. The summed E-state index contributed by atoms with van der Waals surface area (Å²) in [5.74, 6) is -1.00. The lowest BCUT2D eigenvalue weighted by Gasteiger charge is -2.25. The first-order valence-corrected chi connectivity index (χ1v) is 12.1. The molecule has 14 heteroatoms. The van der Waals surface area contributed by atoms with E-state index in [1.807, 2.05) is 4.90 Å². The molecule has 1 aliphatic heterocycles. The molecule has 0 saturated carbocycles. The van der Waals surface area contributed by atoms with Gasteiger partial charge in [0.25, 0.3) is 0 Å². The van der Waals surface area contributed by atoms with Crippen molar-refractivity contribution in [3.63, 3.8) is 0 Å². The number of nitrogens with one attached hydrogen (secondary N) is 2. The number of fused-ring (bicyclic) bond motifs is 1. The van der Waals surface area contributed by atoms with Crippen LogP contribution >= 0.6 is 0 Å². The summed E-state index contributed by atoms with van der Waals surface area (Å²) in [5, 5.41) is 8.76. The van der Waals surface area contributed by atoms with Gasteiger partial charge in [-0.25, -0.2) is 18.7 Å². The summed E-state index contributed by atoms with van der Waals surface area (Å²) in [6.45, 7) is 2.57. The number of carbonyl (C=O) groups excluding carboxylic acids is 2. The number of hydrogen-bond acceptors (Lipinski definition) is 7. The Balaban J connectivity index is 1.35. The zero-order valence-electron chi connectivity index (χ0n) is 20.8. The Morgan fingerprint density at radius 1 is 1.02 bits per heavy atom. The number of halogens is 4. The van der Waals surface area contributed by atoms with Crippen LogP contribution in [0.3, 0.4) is 0 Å². The van der Waals surface area contributed by atoms with Crippen LogP contribution in [0.15, 0.2) is 54.9 Å². The van der Waals surface area contributed by atoms with Gasteiger partial charge in [0.2, 0.25) is 0 Å². The first-order chi connectivity index (χ1) is 19.1. The Morgan fingerprint density at radius 3 is 2.45 bits per heavy atom. The van der Waals surface area contributed by atoms with Gasteiger partial charge in [0, 0.05) is 24.3 Å². The van der Waals surface area contributed by atoms with E-state index in [9.17, 15) is 27.2 Å². The molecule has 10 nitrogen and oxygen atoms in total. The minimum atomic E-state index is -4.69. The minimum absolute atomic E-state index is 0.155. The molecule has 5 rings (SSSR count). The summed E-state index contributed by atoms with van der Waals surface area (Å²) in [6, 6.07) is 8.85. The second-order valence-electron chi connectivity index (χ2n) is 9.01. The molecular weight excluding hydrogens is 534 g/mol. The van der Waals surface area contributed by atoms with Crippen molar-refractivity contribution in [3.8, 4) is 11.1 Å². The first-order valence-electron chi connectivity index (χ1n) is 12.1. The predicted octanol–water partition coefficient (Wildman–Crippen LogP) is 4.30. The number of ether oxygens (including phenoxy) is 1. The molecule has 4 N–H and O–H groups in total. The number of benzene rings is 2. The van der Waals surface area contributed by atoms with E-state index in [1.165, 1.54) is 23.0 Å². The first kappa shape index (κ1) is 27.0. The number of alkyl halides is 3. The molecule has 0 spiro atoms. The quantitative estimate of drug-likeness (QED) is 0.238. The molecule has 2 aromatic heterocycles. The Labute approximate surface area is 224 Å². The maximum absolute atomic E-state index is 14.0. The van der Waals surface area contributed by atoms with Crippen LogP contribution in [-0.2, 0) is 10.9 Å². The zero-order valence-corrected chi connectivity index (χ0v) is 20.8. The highest BCUT2D eigenvalue weighted by Crippen LogP contribution is 2.33. The van der Waals surface area contributed by atoms with Crippen molar-refractivity contribution in [3.05, 3.63) is 71.9 Å². The number of ketones is 1. The standard InChI is InChI=1S/C26H23F4N7O3/c27-19-6-3-16(26(28,29)30)11-20(19)35-25(39)34-17-4-1-15(2-5-17)18-12-21(37-23(18)24(31)32-14-33-37)22(38)13-36-7-9-40-10-8-36/h1-6,11-12,14H,7-10,13H2,(H2,31,32,33)(H2,34,35,39). The third-order valence-electron chi connectivity index (χ3n) is 6.33. The van der Waals surface area contributed by atoms with E-state index in [-0.39, 0.29) is 23.8 Å². The van der Waals surface area contributed by atoms with E-state index in [0.717, 1.165) is 0 Å². The fourth-order valence-electron chi connectivity index (χ4n) is 4.35. The number of morpholine rings is 1. The minimum Gasteiger partial charge on any atom is -0.382 e. The van der Waals surface area contributed by atoms with Crippen molar-refractivity contribution in [1.82, 2.24) is 19.5 Å². The van der Waals surface area contributed by atoms with Crippen LogP contribution in [-0.4, -0.2) is 64.2 Å². The van der Waals surface area contributed by atoms with Crippen molar-refractivity contribution in [1.29, 1.82) is 0 Å². The second kappa shape index (κ2) is 10.9. The topological polar surface area (TPSA) is 127 Å². The van der Waals surface area contributed by atoms with Crippen molar-refractivity contribution in [2.75, 3.05) is 49.2 Å². The summed E-state index contributed by atoms with van der Waals surface area (Å²) < 4.78 is 59.6. The molecule has 1 saturated heterocycles. The highest BCUT2D eigenvalue weighted by molar-refractivity contribution is 6.02. The number of aromatic nitrogens is 3. The fraction of sp³-hybridized carbons (Fsp3) is 0.231. The summed E-state index contributed by atoms with van der Waals surface area (Å²) in [7, 11) is 0. The van der Waals surface area contributed by atoms with Crippen molar-refractivity contribution < 1.29 is 31.9 Å². The normalized spacial score (nSPS) is 14.3. The number of Topliss-reactive ketones (excluding diaryl/α,β-unsaturated/α-hetero) is 1. The van der Waals surface area contributed by atoms with E-state index in [1.54, 1.807) is 18.2 Å². The van der Waals surface area contributed by atoms with Gasteiger partial charge in [-0.3, -0.25) is 9.69 Å². The molecule has 0 aliphatic carbocycles. The van der Waals surface area contributed by atoms with Crippen molar-refractivity contribution >= 4 is 34.5 Å². The zero-order chi connectivity index (χ0) is 28.4. The van der Waals surface area contributed by atoms with E-state index >= 15 is 0 Å². The number of carbonyl (C=O) groups is 2. The Kier molecular flexibility index (Phi) is 7.36. The lowest BCUT2D eigenvalue weighted by Crippen LogP contribution is -2.39. The molecule has 40 heavy (non-hydrogen) atoms.